The highest BCUT2D eigenvalue weighted by atomic mass is 35.5. The molecule has 0 saturated carbocycles. The molecule has 1 aromatic rings. The van der Waals surface area contributed by atoms with Crippen LogP contribution >= 0.6 is 23.2 Å². The molecule has 5 N–H and O–H groups in total. The second-order valence-electron chi connectivity index (χ2n) is 4.06. The summed E-state index contributed by atoms with van der Waals surface area (Å²) >= 11 is 11.8. The zero-order valence-corrected chi connectivity index (χ0v) is 11.3. The molecule has 1 unspecified atom stereocenters. The molecular weight excluding hydrogens is 316 g/mol. The molecule has 0 bridgehead atoms. The number of rotatable bonds is 1. The van der Waals surface area contributed by atoms with Gasteiger partial charge in [-0.3, -0.25) is 5.73 Å². The van der Waals surface area contributed by atoms with Crippen molar-refractivity contribution in [2.45, 2.75) is 11.8 Å². The lowest BCUT2D eigenvalue weighted by atomic mass is 9.91. The number of benzene rings is 1. The minimum Gasteiger partial charge on any atom is -0.370 e. The fourth-order valence-electron chi connectivity index (χ4n) is 1.84. The highest BCUT2D eigenvalue weighted by Crippen LogP contribution is 2.43. The van der Waals surface area contributed by atoms with Gasteiger partial charge in [0.15, 0.2) is 11.6 Å². The highest BCUT2D eigenvalue weighted by molar-refractivity contribution is 6.42. The minimum atomic E-state index is -4.71. The lowest BCUT2D eigenvalue weighted by Crippen LogP contribution is -2.49. The van der Waals surface area contributed by atoms with E-state index in [0.29, 0.717) is 6.20 Å². The monoisotopic (exact) mass is 324 g/mol. The molecule has 0 fully saturated rings. The Kier molecular flexibility index (Phi) is 3.62. The number of alkyl halides is 3. The third kappa shape index (κ3) is 2.44. The van der Waals surface area contributed by atoms with E-state index in [1.807, 2.05) is 0 Å². The van der Waals surface area contributed by atoms with Crippen LogP contribution in [0.25, 0.3) is 0 Å². The molecule has 0 aliphatic carbocycles. The number of guanidine groups is 1. The molecule has 1 aliphatic rings. The van der Waals surface area contributed by atoms with E-state index in [9.17, 15) is 13.2 Å². The summed E-state index contributed by atoms with van der Waals surface area (Å²) in [5, 5.41) is 2.15. The van der Waals surface area contributed by atoms with Gasteiger partial charge in [0.25, 0.3) is 0 Å². The molecule has 20 heavy (non-hydrogen) atoms. The maximum Gasteiger partial charge on any atom is 0.418 e. The molecule has 1 heterocycles. The number of nitrogens with zero attached hydrogens (tertiary/aromatic N) is 1. The lowest BCUT2D eigenvalue weighted by molar-refractivity contribution is -0.102. The van der Waals surface area contributed by atoms with Crippen molar-refractivity contribution in [3.05, 3.63) is 45.6 Å². The van der Waals surface area contributed by atoms with Crippen LogP contribution in [0, 0.1) is 0 Å². The summed E-state index contributed by atoms with van der Waals surface area (Å²) in [6, 6.07) is 4.18. The molecule has 0 amide bonds. The van der Waals surface area contributed by atoms with E-state index in [1.54, 1.807) is 0 Å². The fraction of sp³-hybridized carbons (Fsp3) is 0.182. The summed E-state index contributed by atoms with van der Waals surface area (Å²) in [5.41, 5.74) is 7.78. The van der Waals surface area contributed by atoms with Crippen molar-refractivity contribution < 1.29 is 13.2 Å². The molecule has 1 atom stereocenters. The predicted octanol–water partition coefficient (Wildman–Crippen LogP) is 2.47. The van der Waals surface area contributed by atoms with E-state index in [1.165, 1.54) is 18.2 Å². The number of aliphatic imine (C=N–C) groups is 1. The maximum absolute atomic E-state index is 13.1. The van der Waals surface area contributed by atoms with Crippen molar-refractivity contribution in [3.8, 4) is 0 Å². The third-order valence-electron chi connectivity index (χ3n) is 2.74. The van der Waals surface area contributed by atoms with Crippen LogP contribution in [0.1, 0.15) is 5.56 Å². The SMILES string of the molecule is NC1=NC(N)(c2cccc(Cl)c2Cl)C(C(F)(F)F)=CN1. The van der Waals surface area contributed by atoms with Crippen molar-refractivity contribution in [2.75, 3.05) is 0 Å². The number of hydrogen-bond donors (Lipinski definition) is 3. The Labute approximate surface area is 122 Å². The van der Waals surface area contributed by atoms with E-state index < -0.39 is 17.4 Å². The van der Waals surface area contributed by atoms with Crippen LogP contribution in [0.5, 0.6) is 0 Å². The maximum atomic E-state index is 13.1. The van der Waals surface area contributed by atoms with Crippen molar-refractivity contribution >= 4 is 29.2 Å². The van der Waals surface area contributed by atoms with Crippen LogP contribution in [0.2, 0.25) is 10.0 Å². The van der Waals surface area contributed by atoms with Crippen molar-refractivity contribution in [1.82, 2.24) is 5.32 Å². The number of nitrogens with one attached hydrogen (secondary N) is 1. The van der Waals surface area contributed by atoms with Crippen LogP contribution < -0.4 is 16.8 Å². The molecule has 1 aromatic carbocycles. The van der Waals surface area contributed by atoms with Crippen LogP contribution in [-0.2, 0) is 5.66 Å². The van der Waals surface area contributed by atoms with Gasteiger partial charge in [0.1, 0.15) is 0 Å². The molecule has 2 rings (SSSR count). The average molecular weight is 325 g/mol. The molecule has 0 radical (unpaired) electrons. The summed E-state index contributed by atoms with van der Waals surface area (Å²) in [5.74, 6) is -0.253. The summed E-state index contributed by atoms with van der Waals surface area (Å²) in [7, 11) is 0. The normalized spacial score (nSPS) is 22.9. The fourth-order valence-corrected chi connectivity index (χ4v) is 2.28. The first-order chi connectivity index (χ1) is 9.16. The van der Waals surface area contributed by atoms with Gasteiger partial charge in [-0.2, -0.15) is 13.2 Å². The summed E-state index contributed by atoms with van der Waals surface area (Å²) in [6.07, 6.45) is -4.04. The summed E-state index contributed by atoms with van der Waals surface area (Å²) < 4.78 is 39.3. The molecule has 9 heteroatoms. The number of hydrogen-bond acceptors (Lipinski definition) is 4. The van der Waals surface area contributed by atoms with Gasteiger partial charge in [0.05, 0.1) is 15.6 Å². The molecule has 1 aliphatic heterocycles. The van der Waals surface area contributed by atoms with E-state index in [4.69, 9.17) is 34.7 Å². The van der Waals surface area contributed by atoms with Gasteiger partial charge in [0, 0.05) is 11.8 Å². The average Bonchev–Trinajstić information content (AvgIpc) is 2.30. The Bertz CT molecular complexity index is 612. The number of halogens is 5. The lowest BCUT2D eigenvalue weighted by Gasteiger charge is -2.33. The Balaban J connectivity index is 2.68. The molecule has 4 nitrogen and oxygen atoms in total. The second-order valence-corrected chi connectivity index (χ2v) is 4.85. The van der Waals surface area contributed by atoms with Gasteiger partial charge >= 0.3 is 6.18 Å². The van der Waals surface area contributed by atoms with Gasteiger partial charge < -0.3 is 11.1 Å². The van der Waals surface area contributed by atoms with Gasteiger partial charge in [-0.05, 0) is 6.07 Å². The van der Waals surface area contributed by atoms with E-state index >= 15 is 0 Å². The van der Waals surface area contributed by atoms with Crippen LogP contribution in [0.3, 0.4) is 0 Å². The van der Waals surface area contributed by atoms with Crippen LogP contribution in [-0.4, -0.2) is 12.1 Å². The van der Waals surface area contributed by atoms with Crippen molar-refractivity contribution in [1.29, 1.82) is 0 Å². The third-order valence-corrected chi connectivity index (χ3v) is 3.56. The first kappa shape index (κ1) is 15.0. The standard InChI is InChI=1S/C11H9Cl2F3N4/c12-6-3-1-2-5(8(6)13)10(18)7(11(14,15)16)4-19-9(17)20-10/h1-4H,18H2,(H3,17,19,20). The molecule has 0 spiro atoms. The first-order valence-corrected chi connectivity index (χ1v) is 6.05. The Morgan fingerprint density at radius 3 is 2.50 bits per heavy atom. The van der Waals surface area contributed by atoms with E-state index in [2.05, 4.69) is 10.3 Å². The van der Waals surface area contributed by atoms with Gasteiger partial charge in [-0.15, -0.1) is 0 Å². The molecule has 108 valence electrons. The topological polar surface area (TPSA) is 76.4 Å². The first-order valence-electron chi connectivity index (χ1n) is 5.29. The van der Waals surface area contributed by atoms with Gasteiger partial charge in [0.2, 0.25) is 0 Å². The van der Waals surface area contributed by atoms with Crippen molar-refractivity contribution in [3.63, 3.8) is 0 Å². The van der Waals surface area contributed by atoms with Crippen LogP contribution in [0.15, 0.2) is 35.0 Å². The second kappa shape index (κ2) is 4.83. The Hall–Kier alpha value is -1.44. The zero-order chi connectivity index (χ0) is 15.1. The molecular formula is C11H9Cl2F3N4. The highest BCUT2D eigenvalue weighted by Gasteiger charge is 2.50. The van der Waals surface area contributed by atoms with E-state index in [-0.39, 0.29) is 21.6 Å². The minimum absolute atomic E-state index is 0.0721. The van der Waals surface area contributed by atoms with Gasteiger partial charge in [-0.25, -0.2) is 4.99 Å². The molecule has 0 aromatic heterocycles. The van der Waals surface area contributed by atoms with E-state index in [0.717, 1.165) is 0 Å². The smallest absolute Gasteiger partial charge is 0.370 e. The number of nitrogens with two attached hydrogens (primary N) is 2. The summed E-state index contributed by atoms with van der Waals surface area (Å²) in [4.78, 5) is 3.66. The molecule has 0 saturated heterocycles. The zero-order valence-electron chi connectivity index (χ0n) is 9.80. The quantitative estimate of drug-likeness (QED) is 0.742. The Morgan fingerprint density at radius 1 is 1.25 bits per heavy atom. The van der Waals surface area contributed by atoms with Crippen LogP contribution in [0.4, 0.5) is 13.2 Å². The van der Waals surface area contributed by atoms with Gasteiger partial charge in [-0.1, -0.05) is 35.3 Å². The van der Waals surface area contributed by atoms with Crippen molar-refractivity contribution in [2.24, 2.45) is 16.5 Å². The Morgan fingerprint density at radius 2 is 1.90 bits per heavy atom. The predicted molar refractivity (Wildman–Crippen MR) is 71.2 cm³/mol. The largest absolute Gasteiger partial charge is 0.418 e. The summed E-state index contributed by atoms with van der Waals surface area (Å²) in [6.45, 7) is 0.